The Labute approximate surface area is 57.4 Å². The lowest BCUT2D eigenvalue weighted by Gasteiger charge is -1.95. The second kappa shape index (κ2) is 3.37. The molecule has 0 saturated carbocycles. The van der Waals surface area contributed by atoms with Gasteiger partial charge >= 0.3 is 0 Å². The molecule has 0 atom stereocenters. The summed E-state index contributed by atoms with van der Waals surface area (Å²) in [5, 5.41) is 0. The van der Waals surface area contributed by atoms with Crippen LogP contribution in [0, 0.1) is 0 Å². The molecule has 1 aromatic rings. The lowest BCUT2D eigenvalue weighted by atomic mass is 10.3. The molecule has 0 aliphatic heterocycles. The van der Waals surface area contributed by atoms with Gasteiger partial charge in [-0.25, -0.2) is 0 Å². The zero-order valence-electron chi connectivity index (χ0n) is 5.37. The predicted octanol–water partition coefficient (Wildman–Crippen LogP) is -0.121. The molecule has 0 bridgehead atoms. The van der Waals surface area contributed by atoms with Gasteiger partial charge in [-0.2, -0.15) is 0 Å². The lowest BCUT2D eigenvalue weighted by molar-refractivity contribution is 0.338. The van der Waals surface area contributed by atoms with Crippen LogP contribution in [0.2, 0.25) is 0 Å². The first-order valence-electron chi connectivity index (χ1n) is 2.81. The van der Waals surface area contributed by atoms with Crippen molar-refractivity contribution < 1.29 is 4.43 Å². The zero-order chi connectivity index (χ0) is 6.53. The Balaban J connectivity index is 2.61. The van der Waals surface area contributed by atoms with Gasteiger partial charge in [0.15, 0.2) is 0 Å². The largest absolute Gasteiger partial charge is 0.424 e. The molecule has 1 rings (SSSR count). The molecular formula is C6H9NOSi. The Bertz CT molecular complexity index is 166. The second-order valence-corrected chi connectivity index (χ2v) is 2.37. The van der Waals surface area contributed by atoms with Gasteiger partial charge in [0, 0.05) is 12.4 Å². The van der Waals surface area contributed by atoms with E-state index >= 15 is 0 Å². The van der Waals surface area contributed by atoms with E-state index in [0.717, 1.165) is 16.0 Å². The van der Waals surface area contributed by atoms with Crippen LogP contribution in [0.15, 0.2) is 24.5 Å². The summed E-state index contributed by atoms with van der Waals surface area (Å²) in [5.41, 5.74) is 1.15. The van der Waals surface area contributed by atoms with Crippen molar-refractivity contribution in [1.82, 2.24) is 4.98 Å². The van der Waals surface area contributed by atoms with Crippen molar-refractivity contribution in [3.63, 3.8) is 0 Å². The third-order valence-electron chi connectivity index (χ3n) is 1.03. The van der Waals surface area contributed by atoms with Crippen molar-refractivity contribution in [3.8, 4) is 0 Å². The molecule has 3 heteroatoms. The van der Waals surface area contributed by atoms with E-state index in [2.05, 4.69) is 4.98 Å². The average Bonchev–Trinajstić information content (AvgIpc) is 1.91. The van der Waals surface area contributed by atoms with Gasteiger partial charge in [-0.05, 0) is 11.6 Å². The molecule has 48 valence electrons. The topological polar surface area (TPSA) is 22.1 Å². The van der Waals surface area contributed by atoms with Crippen LogP contribution < -0.4 is 0 Å². The van der Waals surface area contributed by atoms with Crippen LogP contribution >= 0.6 is 0 Å². The summed E-state index contributed by atoms with van der Waals surface area (Å²) in [5.74, 6) is 0. The van der Waals surface area contributed by atoms with E-state index in [1.807, 2.05) is 18.3 Å². The van der Waals surface area contributed by atoms with Crippen molar-refractivity contribution >= 4 is 10.5 Å². The maximum Gasteiger partial charge on any atom is 0.146 e. The number of nitrogens with zero attached hydrogens (tertiary/aromatic N) is 1. The van der Waals surface area contributed by atoms with Crippen LogP contribution in [0.1, 0.15) is 5.56 Å². The molecule has 0 aliphatic carbocycles. The van der Waals surface area contributed by atoms with E-state index in [9.17, 15) is 0 Å². The second-order valence-electron chi connectivity index (χ2n) is 1.79. The van der Waals surface area contributed by atoms with Crippen molar-refractivity contribution in [2.75, 3.05) is 0 Å². The molecule has 0 spiro atoms. The van der Waals surface area contributed by atoms with E-state index in [-0.39, 0.29) is 0 Å². The van der Waals surface area contributed by atoms with Gasteiger partial charge in [-0.1, -0.05) is 6.07 Å². The molecule has 1 heterocycles. The SMILES string of the molecule is [SiH3]OCc1cccnc1. The first-order chi connectivity index (χ1) is 4.43. The van der Waals surface area contributed by atoms with Crippen molar-refractivity contribution in [2.24, 2.45) is 0 Å². The van der Waals surface area contributed by atoms with Crippen molar-refractivity contribution in [1.29, 1.82) is 0 Å². The molecule has 0 fully saturated rings. The minimum atomic E-state index is 0.708. The van der Waals surface area contributed by atoms with Crippen LogP contribution in [-0.2, 0) is 11.0 Å². The summed E-state index contributed by atoms with van der Waals surface area (Å²) in [4.78, 5) is 3.94. The van der Waals surface area contributed by atoms with E-state index in [0.29, 0.717) is 6.61 Å². The van der Waals surface area contributed by atoms with Gasteiger partial charge in [0.2, 0.25) is 0 Å². The smallest absolute Gasteiger partial charge is 0.146 e. The summed E-state index contributed by atoms with van der Waals surface area (Å²) in [6.07, 6.45) is 3.58. The molecule has 2 nitrogen and oxygen atoms in total. The van der Waals surface area contributed by atoms with Crippen molar-refractivity contribution in [3.05, 3.63) is 30.1 Å². The first kappa shape index (κ1) is 6.45. The molecule has 0 saturated heterocycles. The standard InChI is InChI=1S/C6H9NOSi/c9-8-5-6-2-1-3-7-4-6/h1-4H,5H2,9H3. The Hall–Kier alpha value is -0.673. The van der Waals surface area contributed by atoms with E-state index in [4.69, 9.17) is 4.43 Å². The summed E-state index contributed by atoms with van der Waals surface area (Å²) in [6.45, 7) is 0.708. The molecule has 1 aromatic heterocycles. The van der Waals surface area contributed by atoms with Crippen LogP contribution in [0.25, 0.3) is 0 Å². The third kappa shape index (κ3) is 1.95. The van der Waals surface area contributed by atoms with Gasteiger partial charge in [0.25, 0.3) is 0 Å². The quantitative estimate of drug-likeness (QED) is 0.533. The molecule has 0 unspecified atom stereocenters. The van der Waals surface area contributed by atoms with E-state index in [1.165, 1.54) is 0 Å². The molecule has 9 heavy (non-hydrogen) atoms. The summed E-state index contributed by atoms with van der Waals surface area (Å²) in [7, 11) is 0.796. The molecule has 0 aliphatic rings. The number of hydrogen-bond donors (Lipinski definition) is 0. The van der Waals surface area contributed by atoms with Crippen LogP contribution in [0.3, 0.4) is 0 Å². The summed E-state index contributed by atoms with van der Waals surface area (Å²) >= 11 is 0. The highest BCUT2D eigenvalue weighted by atomic mass is 28.2. The van der Waals surface area contributed by atoms with Gasteiger partial charge < -0.3 is 4.43 Å². The number of pyridine rings is 1. The van der Waals surface area contributed by atoms with Gasteiger partial charge in [0.05, 0.1) is 6.61 Å². The summed E-state index contributed by atoms with van der Waals surface area (Å²) in [6, 6.07) is 3.92. The van der Waals surface area contributed by atoms with E-state index < -0.39 is 0 Å². The first-order valence-corrected chi connectivity index (χ1v) is 3.63. The van der Waals surface area contributed by atoms with E-state index in [1.54, 1.807) is 6.20 Å². The third-order valence-corrected chi connectivity index (χ3v) is 1.32. The maximum absolute atomic E-state index is 5.03. The molecule has 0 aromatic carbocycles. The highest BCUT2D eigenvalue weighted by molar-refractivity contribution is 5.97. The highest BCUT2D eigenvalue weighted by Gasteiger charge is 1.85. The van der Waals surface area contributed by atoms with Crippen LogP contribution in [0.4, 0.5) is 0 Å². The fourth-order valence-corrected chi connectivity index (χ4v) is 0.984. The monoisotopic (exact) mass is 139 g/mol. The minimum absolute atomic E-state index is 0.708. The molecule has 0 N–H and O–H groups in total. The summed E-state index contributed by atoms with van der Waals surface area (Å²) < 4.78 is 5.03. The Morgan fingerprint density at radius 1 is 1.67 bits per heavy atom. The number of hydrogen-bond acceptors (Lipinski definition) is 2. The number of aromatic nitrogens is 1. The highest BCUT2D eigenvalue weighted by Crippen LogP contribution is 1.95. The van der Waals surface area contributed by atoms with Gasteiger partial charge in [-0.3, -0.25) is 4.98 Å². The molecule has 0 amide bonds. The minimum Gasteiger partial charge on any atom is -0.424 e. The Morgan fingerprint density at radius 3 is 3.11 bits per heavy atom. The van der Waals surface area contributed by atoms with Crippen molar-refractivity contribution in [2.45, 2.75) is 6.61 Å². The fourth-order valence-electron chi connectivity index (χ4n) is 0.650. The van der Waals surface area contributed by atoms with Crippen LogP contribution in [0.5, 0.6) is 0 Å². The number of rotatable bonds is 2. The Morgan fingerprint density at radius 2 is 2.56 bits per heavy atom. The average molecular weight is 139 g/mol. The van der Waals surface area contributed by atoms with Crippen LogP contribution in [-0.4, -0.2) is 15.5 Å². The normalized spacial score (nSPS) is 9.78. The fraction of sp³-hybridized carbons (Fsp3) is 0.167. The van der Waals surface area contributed by atoms with Gasteiger partial charge in [-0.15, -0.1) is 0 Å². The maximum atomic E-state index is 5.03. The predicted molar refractivity (Wildman–Crippen MR) is 39.0 cm³/mol. The van der Waals surface area contributed by atoms with Gasteiger partial charge in [0.1, 0.15) is 10.5 Å². The lowest BCUT2D eigenvalue weighted by Crippen LogP contribution is -1.87. The molecular weight excluding hydrogens is 130 g/mol. The molecule has 0 radical (unpaired) electrons. The Kier molecular flexibility index (Phi) is 2.42. The zero-order valence-corrected chi connectivity index (χ0v) is 7.37.